The molecule has 1 rings (SSSR count). The van der Waals surface area contributed by atoms with Crippen LogP contribution in [0.2, 0.25) is 5.02 Å². The van der Waals surface area contributed by atoms with Crippen LogP contribution in [-0.2, 0) is 10.0 Å². The van der Waals surface area contributed by atoms with E-state index in [0.29, 0.717) is 10.8 Å². The smallest absolute Gasteiger partial charge is 0.209 e. The Labute approximate surface area is 112 Å². The normalized spacial score (nSPS) is 13.3. The zero-order chi connectivity index (χ0) is 13.6. The highest BCUT2D eigenvalue weighted by Crippen LogP contribution is 2.17. The van der Waals surface area contributed by atoms with E-state index in [1.54, 1.807) is 6.07 Å². The number of nitrogens with zero attached hydrogens (tertiary/aromatic N) is 1. The van der Waals surface area contributed by atoms with Gasteiger partial charge in [0.05, 0.1) is 23.6 Å². The quantitative estimate of drug-likeness (QED) is 0.831. The highest BCUT2D eigenvalue weighted by Gasteiger charge is 2.16. The second-order valence-electron chi connectivity index (χ2n) is 4.13. The summed E-state index contributed by atoms with van der Waals surface area (Å²) in [4.78, 5) is 3.88. The minimum absolute atomic E-state index is 0.0746. The van der Waals surface area contributed by atoms with Crippen LogP contribution in [0.1, 0.15) is 19.8 Å². The molecule has 0 aliphatic heterocycles. The van der Waals surface area contributed by atoms with Crippen LogP contribution in [0.15, 0.2) is 18.5 Å². The molecular weight excluding hydrogens is 276 g/mol. The maximum absolute atomic E-state index is 11.1. The number of nitrogens with two attached hydrogens (primary N) is 1. The van der Waals surface area contributed by atoms with Crippen molar-refractivity contribution in [3.63, 3.8) is 0 Å². The van der Waals surface area contributed by atoms with Gasteiger partial charge < -0.3 is 4.74 Å². The first-order chi connectivity index (χ1) is 8.40. The van der Waals surface area contributed by atoms with Gasteiger partial charge >= 0.3 is 0 Å². The third kappa shape index (κ3) is 6.18. The molecule has 1 aromatic rings. The van der Waals surface area contributed by atoms with E-state index in [2.05, 4.69) is 4.98 Å². The summed E-state index contributed by atoms with van der Waals surface area (Å²) in [6, 6.07) is 1.63. The molecule has 0 amide bonds. The molecule has 5 nitrogen and oxygen atoms in total. The van der Waals surface area contributed by atoms with Crippen molar-refractivity contribution in [2.75, 3.05) is 12.4 Å². The number of hydrogen-bond acceptors (Lipinski definition) is 4. The number of sulfonamides is 1. The van der Waals surface area contributed by atoms with Crippen molar-refractivity contribution in [3.8, 4) is 5.75 Å². The molecule has 0 saturated heterocycles. The van der Waals surface area contributed by atoms with E-state index in [0.717, 1.165) is 12.8 Å². The Balaban J connectivity index is 2.57. The van der Waals surface area contributed by atoms with Gasteiger partial charge in [-0.3, -0.25) is 4.98 Å². The van der Waals surface area contributed by atoms with Crippen LogP contribution in [-0.4, -0.2) is 25.8 Å². The van der Waals surface area contributed by atoms with E-state index in [9.17, 15) is 8.42 Å². The first kappa shape index (κ1) is 15.2. The Bertz CT molecular complexity index is 479. The van der Waals surface area contributed by atoms with E-state index >= 15 is 0 Å². The Morgan fingerprint density at radius 2 is 2.22 bits per heavy atom. The summed E-state index contributed by atoms with van der Waals surface area (Å²) < 4.78 is 27.6. The van der Waals surface area contributed by atoms with E-state index in [-0.39, 0.29) is 18.3 Å². The monoisotopic (exact) mass is 292 g/mol. The fourth-order valence-electron chi connectivity index (χ4n) is 1.64. The van der Waals surface area contributed by atoms with E-state index in [4.69, 9.17) is 21.5 Å². The molecule has 0 spiro atoms. The summed E-state index contributed by atoms with van der Waals surface area (Å²) in [5.41, 5.74) is 0. The summed E-state index contributed by atoms with van der Waals surface area (Å²) in [5.74, 6) is 0.330. The maximum Gasteiger partial charge on any atom is 0.209 e. The maximum atomic E-state index is 11.1. The van der Waals surface area contributed by atoms with E-state index in [1.807, 2.05) is 6.92 Å². The molecule has 0 bridgehead atoms. The molecule has 0 saturated carbocycles. The van der Waals surface area contributed by atoms with E-state index < -0.39 is 10.0 Å². The SMILES string of the molecule is CCCC(COc1cncc(Cl)c1)CS(N)(=O)=O. The van der Waals surface area contributed by atoms with Crippen LogP contribution in [0.4, 0.5) is 0 Å². The van der Waals surface area contributed by atoms with Gasteiger partial charge in [-0.05, 0) is 6.42 Å². The van der Waals surface area contributed by atoms with Crippen molar-refractivity contribution in [2.24, 2.45) is 11.1 Å². The van der Waals surface area contributed by atoms with Gasteiger partial charge in [-0.2, -0.15) is 0 Å². The van der Waals surface area contributed by atoms with Crippen LogP contribution in [0.5, 0.6) is 5.75 Å². The summed E-state index contributed by atoms with van der Waals surface area (Å²) in [6.45, 7) is 2.27. The lowest BCUT2D eigenvalue weighted by atomic mass is 10.1. The number of ether oxygens (including phenoxy) is 1. The van der Waals surface area contributed by atoms with Gasteiger partial charge in [-0.25, -0.2) is 13.6 Å². The highest BCUT2D eigenvalue weighted by atomic mass is 35.5. The lowest BCUT2D eigenvalue weighted by Crippen LogP contribution is -2.27. The van der Waals surface area contributed by atoms with Gasteiger partial charge in [0.2, 0.25) is 10.0 Å². The van der Waals surface area contributed by atoms with Crippen LogP contribution < -0.4 is 9.88 Å². The summed E-state index contributed by atoms with van der Waals surface area (Å²) in [5, 5.41) is 5.52. The van der Waals surface area contributed by atoms with Crippen LogP contribution in [0.25, 0.3) is 0 Å². The summed E-state index contributed by atoms with van der Waals surface area (Å²) >= 11 is 5.77. The molecular formula is C11H17ClN2O3S. The molecule has 0 radical (unpaired) electrons. The predicted molar refractivity (Wildman–Crippen MR) is 71.1 cm³/mol. The number of rotatable bonds is 7. The Hall–Kier alpha value is -0.850. The molecule has 1 heterocycles. The topological polar surface area (TPSA) is 82.3 Å². The van der Waals surface area contributed by atoms with Gasteiger partial charge in [0.1, 0.15) is 5.75 Å². The highest BCUT2D eigenvalue weighted by molar-refractivity contribution is 7.89. The molecule has 18 heavy (non-hydrogen) atoms. The lowest BCUT2D eigenvalue weighted by molar-refractivity contribution is 0.252. The average molecular weight is 293 g/mol. The summed E-state index contributed by atoms with van der Waals surface area (Å²) in [6.07, 6.45) is 4.65. The molecule has 1 aromatic heterocycles. The fourth-order valence-corrected chi connectivity index (χ4v) is 2.72. The molecule has 2 N–H and O–H groups in total. The Morgan fingerprint density at radius 3 is 2.78 bits per heavy atom. The number of pyridine rings is 1. The first-order valence-electron chi connectivity index (χ1n) is 5.64. The van der Waals surface area contributed by atoms with Gasteiger partial charge in [-0.1, -0.05) is 24.9 Å². The fraction of sp³-hybridized carbons (Fsp3) is 0.545. The first-order valence-corrected chi connectivity index (χ1v) is 7.74. The standard InChI is InChI=1S/C11H17ClN2O3S/c1-2-3-9(8-18(13,15)16)7-17-11-4-10(12)5-14-6-11/h4-6,9H,2-3,7-8H2,1H3,(H2,13,15,16). The van der Waals surface area contributed by atoms with Crippen molar-refractivity contribution in [3.05, 3.63) is 23.5 Å². The van der Waals surface area contributed by atoms with Crippen LogP contribution in [0.3, 0.4) is 0 Å². The van der Waals surface area contributed by atoms with Crippen LogP contribution >= 0.6 is 11.6 Å². The second kappa shape index (κ2) is 6.92. The lowest BCUT2D eigenvalue weighted by Gasteiger charge is -2.15. The third-order valence-electron chi connectivity index (χ3n) is 2.33. The van der Waals surface area contributed by atoms with Gasteiger partial charge in [-0.15, -0.1) is 0 Å². The van der Waals surface area contributed by atoms with Crippen molar-refractivity contribution in [1.29, 1.82) is 0 Å². The van der Waals surface area contributed by atoms with Gasteiger partial charge in [0.25, 0.3) is 0 Å². The molecule has 102 valence electrons. The van der Waals surface area contributed by atoms with Crippen molar-refractivity contribution < 1.29 is 13.2 Å². The molecule has 1 atom stereocenters. The predicted octanol–water partition coefficient (Wildman–Crippen LogP) is 1.82. The molecule has 0 fully saturated rings. The van der Waals surface area contributed by atoms with Crippen molar-refractivity contribution in [1.82, 2.24) is 4.98 Å². The molecule has 7 heteroatoms. The molecule has 0 aliphatic carbocycles. The van der Waals surface area contributed by atoms with Crippen molar-refractivity contribution >= 4 is 21.6 Å². The zero-order valence-electron chi connectivity index (χ0n) is 10.2. The van der Waals surface area contributed by atoms with Gasteiger partial charge in [0, 0.05) is 18.2 Å². The third-order valence-corrected chi connectivity index (χ3v) is 3.47. The number of aromatic nitrogens is 1. The van der Waals surface area contributed by atoms with Crippen LogP contribution in [0, 0.1) is 5.92 Å². The molecule has 0 aliphatic rings. The largest absolute Gasteiger partial charge is 0.492 e. The molecule has 0 aromatic carbocycles. The number of hydrogen-bond donors (Lipinski definition) is 1. The summed E-state index contributed by atoms with van der Waals surface area (Å²) in [7, 11) is -3.48. The van der Waals surface area contributed by atoms with Crippen molar-refractivity contribution in [2.45, 2.75) is 19.8 Å². The zero-order valence-corrected chi connectivity index (χ0v) is 11.7. The Morgan fingerprint density at radius 1 is 1.50 bits per heavy atom. The average Bonchev–Trinajstić information content (AvgIpc) is 2.24. The van der Waals surface area contributed by atoms with Gasteiger partial charge in [0.15, 0.2) is 0 Å². The second-order valence-corrected chi connectivity index (χ2v) is 6.23. The number of primary sulfonamides is 1. The minimum Gasteiger partial charge on any atom is -0.492 e. The Kier molecular flexibility index (Phi) is 5.84. The number of halogens is 1. The van der Waals surface area contributed by atoms with E-state index in [1.165, 1.54) is 12.4 Å². The molecule has 1 unspecified atom stereocenters. The minimum atomic E-state index is -3.48.